The van der Waals surface area contributed by atoms with Gasteiger partial charge in [-0.3, -0.25) is 9.59 Å². The Kier molecular flexibility index (Phi) is 7.24. The van der Waals surface area contributed by atoms with Gasteiger partial charge in [0.15, 0.2) is 5.16 Å². The lowest BCUT2D eigenvalue weighted by atomic mass is 10.2. The number of amides is 2. The van der Waals surface area contributed by atoms with Gasteiger partial charge < -0.3 is 15.2 Å². The summed E-state index contributed by atoms with van der Waals surface area (Å²) in [6.45, 7) is 5.19. The average molecular weight is 427 g/mol. The van der Waals surface area contributed by atoms with Gasteiger partial charge in [0.2, 0.25) is 5.91 Å². The minimum atomic E-state index is -0.296. The highest BCUT2D eigenvalue weighted by atomic mass is 32.2. The van der Waals surface area contributed by atoms with Crippen molar-refractivity contribution in [1.82, 2.24) is 14.9 Å². The Bertz CT molecular complexity index is 999. The van der Waals surface area contributed by atoms with E-state index < -0.39 is 0 Å². The Balaban J connectivity index is 1.52. The molecule has 1 heterocycles. The van der Waals surface area contributed by atoms with Crippen molar-refractivity contribution >= 4 is 29.3 Å². The van der Waals surface area contributed by atoms with Crippen molar-refractivity contribution in [3.8, 4) is 11.3 Å². The van der Waals surface area contributed by atoms with Gasteiger partial charge in [-0.15, -0.1) is 0 Å². The van der Waals surface area contributed by atoms with Crippen LogP contribution in [0.3, 0.4) is 0 Å². The molecular formula is C22H23FN4O2S. The van der Waals surface area contributed by atoms with Crippen LogP contribution in [0, 0.1) is 5.82 Å². The molecule has 2 N–H and O–H groups in total. The zero-order chi connectivity index (χ0) is 21.5. The first-order valence-corrected chi connectivity index (χ1v) is 10.6. The lowest BCUT2D eigenvalue weighted by molar-refractivity contribution is -0.113. The van der Waals surface area contributed by atoms with Gasteiger partial charge in [0.05, 0.1) is 17.6 Å². The van der Waals surface area contributed by atoms with Gasteiger partial charge in [-0.2, -0.15) is 0 Å². The number of halogens is 1. The standard InChI is InChI=1S/C22H23FN4O2S/c1-3-27(4-2)21(29)16-7-11-18(12-8-16)25-20(28)14-30-22-24-13-19(26-22)15-5-9-17(23)10-6-15/h5-13H,3-4,14H2,1-2H3,(H,24,26)(H,25,28). The lowest BCUT2D eigenvalue weighted by Crippen LogP contribution is -2.30. The summed E-state index contributed by atoms with van der Waals surface area (Å²) in [6, 6.07) is 13.0. The molecule has 0 atom stereocenters. The van der Waals surface area contributed by atoms with Gasteiger partial charge in [-0.1, -0.05) is 11.8 Å². The van der Waals surface area contributed by atoms with E-state index in [0.717, 1.165) is 11.3 Å². The molecule has 156 valence electrons. The summed E-state index contributed by atoms with van der Waals surface area (Å²) in [4.78, 5) is 33.7. The van der Waals surface area contributed by atoms with E-state index in [4.69, 9.17) is 0 Å². The van der Waals surface area contributed by atoms with Crippen molar-refractivity contribution in [3.63, 3.8) is 0 Å². The molecule has 3 rings (SSSR count). The number of aromatic nitrogens is 2. The molecule has 8 heteroatoms. The van der Waals surface area contributed by atoms with Crippen LogP contribution in [0.5, 0.6) is 0 Å². The highest BCUT2D eigenvalue weighted by Gasteiger charge is 2.13. The third-order valence-corrected chi connectivity index (χ3v) is 5.40. The minimum absolute atomic E-state index is 0.0248. The van der Waals surface area contributed by atoms with Gasteiger partial charge in [-0.05, 0) is 67.9 Å². The number of hydrogen-bond acceptors (Lipinski definition) is 4. The molecule has 0 radical (unpaired) electrons. The van der Waals surface area contributed by atoms with Crippen molar-refractivity contribution in [2.45, 2.75) is 19.0 Å². The maximum atomic E-state index is 13.0. The molecule has 2 aromatic carbocycles. The predicted octanol–water partition coefficient (Wildman–Crippen LogP) is 4.43. The highest BCUT2D eigenvalue weighted by molar-refractivity contribution is 7.99. The number of benzene rings is 2. The second kappa shape index (κ2) is 10.1. The number of hydrogen-bond donors (Lipinski definition) is 2. The number of carbonyl (C=O) groups excluding carboxylic acids is 2. The average Bonchev–Trinajstić information content (AvgIpc) is 3.23. The molecule has 0 saturated carbocycles. The topological polar surface area (TPSA) is 78.1 Å². The smallest absolute Gasteiger partial charge is 0.253 e. The Morgan fingerprint density at radius 1 is 1.07 bits per heavy atom. The van der Waals surface area contributed by atoms with E-state index in [1.54, 1.807) is 47.5 Å². The molecule has 0 bridgehead atoms. The number of H-pyrrole nitrogens is 1. The fourth-order valence-corrected chi connectivity index (χ4v) is 3.52. The van der Waals surface area contributed by atoms with E-state index >= 15 is 0 Å². The van der Waals surface area contributed by atoms with Crippen LogP contribution in [-0.4, -0.2) is 45.5 Å². The molecule has 0 aliphatic rings. The molecule has 0 unspecified atom stereocenters. The van der Waals surface area contributed by atoms with Crippen LogP contribution in [0.1, 0.15) is 24.2 Å². The maximum Gasteiger partial charge on any atom is 0.253 e. The molecule has 0 aliphatic heterocycles. The third-order valence-electron chi connectivity index (χ3n) is 4.51. The van der Waals surface area contributed by atoms with Gasteiger partial charge in [0, 0.05) is 24.3 Å². The summed E-state index contributed by atoms with van der Waals surface area (Å²) in [6.07, 6.45) is 1.65. The van der Waals surface area contributed by atoms with E-state index in [1.807, 2.05) is 13.8 Å². The van der Waals surface area contributed by atoms with Crippen molar-refractivity contribution in [1.29, 1.82) is 0 Å². The van der Waals surface area contributed by atoms with Crippen LogP contribution < -0.4 is 5.32 Å². The lowest BCUT2D eigenvalue weighted by Gasteiger charge is -2.18. The van der Waals surface area contributed by atoms with Crippen molar-refractivity contribution < 1.29 is 14.0 Å². The predicted molar refractivity (Wildman–Crippen MR) is 117 cm³/mol. The van der Waals surface area contributed by atoms with Gasteiger partial charge in [0.25, 0.3) is 5.91 Å². The maximum absolute atomic E-state index is 13.0. The number of nitrogens with one attached hydrogen (secondary N) is 2. The molecule has 1 aromatic heterocycles. The fourth-order valence-electron chi connectivity index (χ4n) is 2.87. The summed E-state index contributed by atoms with van der Waals surface area (Å²) in [5, 5.41) is 3.41. The van der Waals surface area contributed by atoms with Crippen LogP contribution in [0.2, 0.25) is 0 Å². The first-order chi connectivity index (χ1) is 14.5. The summed E-state index contributed by atoms with van der Waals surface area (Å²) >= 11 is 1.27. The first kappa shape index (κ1) is 21.6. The number of thioether (sulfide) groups is 1. The molecule has 0 fully saturated rings. The monoisotopic (exact) mass is 426 g/mol. The zero-order valence-corrected chi connectivity index (χ0v) is 17.6. The third kappa shape index (κ3) is 5.48. The van der Waals surface area contributed by atoms with Crippen LogP contribution in [0.25, 0.3) is 11.3 Å². The number of imidazole rings is 1. The van der Waals surface area contributed by atoms with Gasteiger partial charge in [0.1, 0.15) is 5.82 Å². The van der Waals surface area contributed by atoms with E-state index in [1.165, 1.54) is 23.9 Å². The van der Waals surface area contributed by atoms with Crippen molar-refractivity contribution in [2.24, 2.45) is 0 Å². The molecule has 2 amide bonds. The number of rotatable bonds is 8. The van der Waals surface area contributed by atoms with Crippen LogP contribution in [-0.2, 0) is 4.79 Å². The number of carbonyl (C=O) groups is 2. The normalized spacial score (nSPS) is 10.6. The summed E-state index contributed by atoms with van der Waals surface area (Å²) in [7, 11) is 0. The van der Waals surface area contributed by atoms with Crippen molar-refractivity contribution in [2.75, 3.05) is 24.2 Å². The van der Waals surface area contributed by atoms with E-state index in [-0.39, 0.29) is 23.4 Å². The zero-order valence-electron chi connectivity index (χ0n) is 16.8. The Hall–Kier alpha value is -3.13. The fraction of sp³-hybridized carbons (Fsp3) is 0.227. The van der Waals surface area contributed by atoms with Crippen LogP contribution in [0.4, 0.5) is 10.1 Å². The molecule has 0 aliphatic carbocycles. The van der Waals surface area contributed by atoms with E-state index in [9.17, 15) is 14.0 Å². The van der Waals surface area contributed by atoms with E-state index in [2.05, 4.69) is 15.3 Å². The molecule has 30 heavy (non-hydrogen) atoms. The molecule has 6 nitrogen and oxygen atoms in total. The van der Waals surface area contributed by atoms with Gasteiger partial charge >= 0.3 is 0 Å². The summed E-state index contributed by atoms with van der Waals surface area (Å²) < 4.78 is 13.0. The SMILES string of the molecule is CCN(CC)C(=O)c1ccc(NC(=O)CSc2ncc(-c3ccc(F)cc3)[nH]2)cc1. The van der Waals surface area contributed by atoms with Crippen molar-refractivity contribution in [3.05, 3.63) is 66.1 Å². The summed E-state index contributed by atoms with van der Waals surface area (Å²) in [5.74, 6) is -0.322. The second-order valence-electron chi connectivity index (χ2n) is 6.50. The Labute approximate surface area is 178 Å². The Morgan fingerprint density at radius 2 is 1.73 bits per heavy atom. The Morgan fingerprint density at radius 3 is 2.37 bits per heavy atom. The van der Waals surface area contributed by atoms with Gasteiger partial charge in [-0.25, -0.2) is 9.37 Å². The minimum Gasteiger partial charge on any atom is -0.339 e. The summed E-state index contributed by atoms with van der Waals surface area (Å²) in [5.41, 5.74) is 2.80. The molecule has 3 aromatic rings. The molecule has 0 spiro atoms. The second-order valence-corrected chi connectivity index (χ2v) is 7.46. The van der Waals surface area contributed by atoms with Crippen LogP contribution in [0.15, 0.2) is 59.9 Å². The number of anilines is 1. The van der Waals surface area contributed by atoms with E-state index in [0.29, 0.717) is 29.5 Å². The quantitative estimate of drug-likeness (QED) is 0.523. The van der Waals surface area contributed by atoms with Crippen LogP contribution >= 0.6 is 11.8 Å². The number of aromatic amines is 1. The largest absolute Gasteiger partial charge is 0.339 e. The highest BCUT2D eigenvalue weighted by Crippen LogP contribution is 2.22. The molecular weight excluding hydrogens is 403 g/mol. The molecule has 0 saturated heterocycles. The number of nitrogens with zero attached hydrogens (tertiary/aromatic N) is 2. The first-order valence-electron chi connectivity index (χ1n) is 9.63.